The van der Waals surface area contributed by atoms with E-state index in [1.54, 1.807) is 50.4 Å². The molecule has 0 bridgehead atoms. The number of nitrogens with one attached hydrogen (secondary N) is 2. The number of methoxy groups -OCH3 is 2. The molecular formula is C19H24N2O5S. The van der Waals surface area contributed by atoms with Crippen LogP contribution in [0.3, 0.4) is 0 Å². The van der Waals surface area contributed by atoms with Crippen molar-refractivity contribution >= 4 is 21.6 Å². The highest BCUT2D eigenvalue weighted by Gasteiger charge is 2.21. The maximum atomic E-state index is 12.3. The van der Waals surface area contributed by atoms with Crippen molar-refractivity contribution < 1.29 is 22.7 Å². The second-order valence-corrected chi connectivity index (χ2v) is 7.85. The van der Waals surface area contributed by atoms with E-state index < -0.39 is 15.9 Å². The number of benzene rings is 2. The summed E-state index contributed by atoms with van der Waals surface area (Å²) in [6, 6.07) is 13.9. The van der Waals surface area contributed by atoms with Crippen LogP contribution in [0.15, 0.2) is 48.5 Å². The first-order valence-electron chi connectivity index (χ1n) is 8.38. The summed E-state index contributed by atoms with van der Waals surface area (Å²) >= 11 is 0. The number of anilines is 1. The van der Waals surface area contributed by atoms with Gasteiger partial charge >= 0.3 is 0 Å². The van der Waals surface area contributed by atoms with Gasteiger partial charge in [-0.2, -0.15) is 0 Å². The first-order chi connectivity index (χ1) is 12.8. The highest BCUT2D eigenvalue weighted by atomic mass is 32.2. The summed E-state index contributed by atoms with van der Waals surface area (Å²) in [5.74, 6) is -0.0830. The van der Waals surface area contributed by atoms with Crippen molar-refractivity contribution in [2.45, 2.75) is 13.5 Å². The van der Waals surface area contributed by atoms with Gasteiger partial charge in [-0.25, -0.2) is 8.42 Å². The second-order valence-electron chi connectivity index (χ2n) is 6.08. The highest BCUT2D eigenvalue weighted by Crippen LogP contribution is 2.18. The minimum absolute atomic E-state index is 0.316. The van der Waals surface area contributed by atoms with Crippen molar-refractivity contribution in [1.82, 2.24) is 5.32 Å². The molecule has 7 nitrogen and oxygen atoms in total. The summed E-state index contributed by atoms with van der Waals surface area (Å²) in [6.45, 7) is 1.89. The Balaban J connectivity index is 1.89. The van der Waals surface area contributed by atoms with Crippen molar-refractivity contribution in [2.75, 3.05) is 24.7 Å². The molecular weight excluding hydrogens is 368 g/mol. The lowest BCUT2D eigenvalue weighted by molar-refractivity contribution is -0.124. The third-order valence-electron chi connectivity index (χ3n) is 3.89. The molecule has 0 aliphatic rings. The average Bonchev–Trinajstić information content (AvgIpc) is 2.65. The molecule has 1 unspecified atom stereocenters. The Hall–Kier alpha value is -2.74. The molecule has 0 spiro atoms. The van der Waals surface area contributed by atoms with Crippen molar-refractivity contribution in [3.63, 3.8) is 0 Å². The zero-order valence-electron chi connectivity index (χ0n) is 15.6. The van der Waals surface area contributed by atoms with Crippen molar-refractivity contribution in [3.8, 4) is 11.5 Å². The Morgan fingerprint density at radius 3 is 2.33 bits per heavy atom. The van der Waals surface area contributed by atoms with Crippen LogP contribution in [0.4, 0.5) is 5.69 Å². The van der Waals surface area contributed by atoms with Crippen molar-refractivity contribution in [2.24, 2.45) is 5.92 Å². The third-order valence-corrected chi connectivity index (χ3v) is 5.37. The first kappa shape index (κ1) is 20.6. The smallest absolute Gasteiger partial charge is 0.233 e. The number of sulfonamides is 1. The molecule has 1 atom stereocenters. The Bertz CT molecular complexity index is 866. The number of hydrogen-bond donors (Lipinski definition) is 2. The van der Waals surface area contributed by atoms with Gasteiger partial charge in [0.1, 0.15) is 11.5 Å². The molecule has 2 aromatic rings. The zero-order chi connectivity index (χ0) is 19.9. The van der Waals surface area contributed by atoms with Crippen LogP contribution in [-0.4, -0.2) is 34.3 Å². The van der Waals surface area contributed by atoms with Crippen LogP contribution < -0.4 is 19.5 Å². The van der Waals surface area contributed by atoms with Gasteiger partial charge in [-0.15, -0.1) is 0 Å². The molecule has 1 amide bonds. The van der Waals surface area contributed by atoms with Gasteiger partial charge in [0.2, 0.25) is 15.9 Å². The average molecular weight is 392 g/mol. The SMILES string of the molecule is COc1ccc(CNC(=O)C(C)CS(=O)(=O)Nc2cccc(OC)c2)cc1. The number of rotatable bonds is 9. The van der Waals surface area contributed by atoms with E-state index in [4.69, 9.17) is 9.47 Å². The summed E-state index contributed by atoms with van der Waals surface area (Å²) in [7, 11) is -0.594. The number of hydrogen-bond acceptors (Lipinski definition) is 5. The molecule has 0 aromatic heterocycles. The molecule has 2 N–H and O–H groups in total. The predicted octanol–water partition coefficient (Wildman–Crippen LogP) is 2.40. The molecule has 27 heavy (non-hydrogen) atoms. The summed E-state index contributed by atoms with van der Waals surface area (Å²) in [5.41, 5.74) is 1.29. The second kappa shape index (κ2) is 9.27. The predicted molar refractivity (Wildman–Crippen MR) is 104 cm³/mol. The minimum atomic E-state index is -3.68. The zero-order valence-corrected chi connectivity index (χ0v) is 16.4. The summed E-state index contributed by atoms with van der Waals surface area (Å²) in [6.07, 6.45) is 0. The van der Waals surface area contributed by atoms with E-state index >= 15 is 0 Å². The lowest BCUT2D eigenvalue weighted by Crippen LogP contribution is -2.34. The van der Waals surface area contributed by atoms with Crippen LogP contribution in [0, 0.1) is 5.92 Å². The van der Waals surface area contributed by atoms with Crippen molar-refractivity contribution in [1.29, 1.82) is 0 Å². The Kier molecular flexibility index (Phi) is 7.06. The van der Waals surface area contributed by atoms with Gasteiger partial charge < -0.3 is 14.8 Å². The highest BCUT2D eigenvalue weighted by molar-refractivity contribution is 7.92. The largest absolute Gasteiger partial charge is 0.497 e. The lowest BCUT2D eigenvalue weighted by Gasteiger charge is -2.14. The van der Waals surface area contributed by atoms with E-state index in [9.17, 15) is 13.2 Å². The molecule has 146 valence electrons. The fourth-order valence-electron chi connectivity index (χ4n) is 2.42. The van der Waals surface area contributed by atoms with Crippen LogP contribution >= 0.6 is 0 Å². The van der Waals surface area contributed by atoms with E-state index in [0.717, 1.165) is 11.3 Å². The van der Waals surface area contributed by atoms with Crippen molar-refractivity contribution in [3.05, 3.63) is 54.1 Å². The normalized spacial score (nSPS) is 12.1. The number of amides is 1. The van der Waals surface area contributed by atoms with Gasteiger partial charge in [0.15, 0.2) is 0 Å². The Morgan fingerprint density at radius 1 is 1.04 bits per heavy atom. The fourth-order valence-corrected chi connectivity index (χ4v) is 3.80. The quantitative estimate of drug-likeness (QED) is 0.683. The number of ether oxygens (including phenoxy) is 2. The van der Waals surface area contributed by atoms with Gasteiger partial charge in [-0.3, -0.25) is 9.52 Å². The van der Waals surface area contributed by atoms with Crippen LogP contribution in [0.1, 0.15) is 12.5 Å². The Morgan fingerprint density at radius 2 is 1.70 bits per heavy atom. The standard InChI is InChI=1S/C19H24N2O5S/c1-14(19(22)20-12-15-7-9-17(25-2)10-8-15)13-27(23,24)21-16-5-4-6-18(11-16)26-3/h4-11,14,21H,12-13H2,1-3H3,(H,20,22). The maximum Gasteiger partial charge on any atom is 0.233 e. The minimum Gasteiger partial charge on any atom is -0.497 e. The van der Waals surface area contributed by atoms with Gasteiger partial charge in [-0.05, 0) is 29.8 Å². The molecule has 0 aliphatic heterocycles. The van der Waals surface area contributed by atoms with Gasteiger partial charge in [0.05, 0.1) is 31.6 Å². The lowest BCUT2D eigenvalue weighted by atomic mass is 10.2. The van der Waals surface area contributed by atoms with Gasteiger partial charge in [0, 0.05) is 12.6 Å². The molecule has 8 heteroatoms. The summed E-state index contributed by atoms with van der Waals surface area (Å²) in [4.78, 5) is 12.2. The van der Waals surface area contributed by atoms with E-state index in [-0.39, 0.29) is 11.7 Å². The molecule has 0 aliphatic carbocycles. The number of carbonyl (C=O) groups excluding carboxylic acids is 1. The summed E-state index contributed by atoms with van der Waals surface area (Å²) in [5, 5.41) is 2.75. The number of carbonyl (C=O) groups is 1. The van der Waals surface area contributed by atoms with E-state index in [2.05, 4.69) is 10.0 Å². The first-order valence-corrected chi connectivity index (χ1v) is 10.0. The third kappa shape index (κ3) is 6.49. The fraction of sp³-hybridized carbons (Fsp3) is 0.316. The molecule has 2 rings (SSSR count). The van der Waals surface area contributed by atoms with Crippen LogP contribution in [0.25, 0.3) is 0 Å². The molecule has 0 saturated heterocycles. The molecule has 0 heterocycles. The Labute approximate surface area is 159 Å². The topological polar surface area (TPSA) is 93.7 Å². The van der Waals surface area contributed by atoms with Crippen LogP contribution in [0.5, 0.6) is 11.5 Å². The van der Waals surface area contributed by atoms with Crippen LogP contribution in [-0.2, 0) is 21.4 Å². The molecule has 0 radical (unpaired) electrons. The molecule has 0 fully saturated rings. The summed E-state index contributed by atoms with van der Waals surface area (Å²) < 4.78 is 37.2. The van der Waals surface area contributed by atoms with Gasteiger partial charge in [0.25, 0.3) is 0 Å². The van der Waals surface area contributed by atoms with E-state index in [1.165, 1.54) is 7.11 Å². The molecule has 2 aromatic carbocycles. The monoisotopic (exact) mass is 392 g/mol. The van der Waals surface area contributed by atoms with E-state index in [0.29, 0.717) is 18.0 Å². The maximum absolute atomic E-state index is 12.3. The van der Waals surface area contributed by atoms with Gasteiger partial charge in [-0.1, -0.05) is 25.1 Å². The van der Waals surface area contributed by atoms with Crippen LogP contribution in [0.2, 0.25) is 0 Å². The van der Waals surface area contributed by atoms with E-state index in [1.807, 2.05) is 12.1 Å². The molecule has 0 saturated carbocycles.